The summed E-state index contributed by atoms with van der Waals surface area (Å²) in [6, 6.07) is 4.47. The molecule has 2 heterocycles. The first-order valence-corrected chi connectivity index (χ1v) is 5.72. The number of carboxylic acid groups (broad SMARTS) is 1. The topological polar surface area (TPSA) is 81.6 Å². The Balaban J connectivity index is 1.98. The van der Waals surface area contributed by atoms with Gasteiger partial charge >= 0.3 is 5.97 Å². The van der Waals surface area contributed by atoms with Crippen molar-refractivity contribution in [2.75, 3.05) is 11.9 Å². The number of aromatic hydroxyl groups is 1. The lowest BCUT2D eigenvalue weighted by Gasteiger charge is -2.32. The molecule has 5 nitrogen and oxygen atoms in total. The monoisotopic (exact) mass is 234 g/mol. The second-order valence-electron chi connectivity index (χ2n) is 4.61. The zero-order valence-electron chi connectivity index (χ0n) is 9.18. The molecule has 17 heavy (non-hydrogen) atoms. The zero-order chi connectivity index (χ0) is 12.0. The van der Waals surface area contributed by atoms with Gasteiger partial charge in [0.1, 0.15) is 11.8 Å². The molecule has 0 radical (unpaired) electrons. The van der Waals surface area contributed by atoms with Crippen molar-refractivity contribution in [3.05, 3.63) is 23.8 Å². The molecule has 1 fully saturated rings. The molecule has 2 aliphatic rings. The smallest absolute Gasteiger partial charge is 0.322 e. The minimum Gasteiger partial charge on any atom is -0.508 e. The minimum atomic E-state index is -0.829. The number of carboxylic acids is 1. The van der Waals surface area contributed by atoms with Gasteiger partial charge in [0.25, 0.3) is 0 Å². The Hall–Kier alpha value is -1.75. The molecule has 1 aromatic carbocycles. The van der Waals surface area contributed by atoms with Crippen molar-refractivity contribution in [1.29, 1.82) is 0 Å². The molecule has 0 bridgehead atoms. The van der Waals surface area contributed by atoms with E-state index in [0.29, 0.717) is 6.54 Å². The van der Waals surface area contributed by atoms with Crippen LogP contribution in [-0.2, 0) is 4.79 Å². The highest BCUT2D eigenvalue weighted by atomic mass is 16.4. The molecule has 3 atom stereocenters. The van der Waals surface area contributed by atoms with Gasteiger partial charge in [-0.3, -0.25) is 4.79 Å². The number of anilines is 1. The molecule has 2 aliphatic heterocycles. The van der Waals surface area contributed by atoms with E-state index in [9.17, 15) is 9.90 Å². The molecule has 1 saturated heterocycles. The number of nitrogens with one attached hydrogen (secondary N) is 2. The van der Waals surface area contributed by atoms with Gasteiger partial charge in [-0.15, -0.1) is 0 Å². The van der Waals surface area contributed by atoms with Gasteiger partial charge < -0.3 is 20.8 Å². The fourth-order valence-electron chi connectivity index (χ4n) is 2.87. The average molecular weight is 234 g/mol. The number of carbonyl (C=O) groups is 1. The second-order valence-corrected chi connectivity index (χ2v) is 4.61. The molecule has 3 unspecified atom stereocenters. The van der Waals surface area contributed by atoms with E-state index in [1.54, 1.807) is 12.1 Å². The molecule has 0 saturated carbocycles. The van der Waals surface area contributed by atoms with Crippen LogP contribution >= 0.6 is 0 Å². The van der Waals surface area contributed by atoms with E-state index in [2.05, 4.69) is 10.6 Å². The summed E-state index contributed by atoms with van der Waals surface area (Å²) in [5.74, 6) is -0.430. The Bertz CT molecular complexity index is 475. The fraction of sp³-hybridized carbons (Fsp3) is 0.417. The summed E-state index contributed by atoms with van der Waals surface area (Å²) in [6.45, 7) is 0.689. The van der Waals surface area contributed by atoms with E-state index in [1.165, 1.54) is 0 Å². The lowest BCUT2D eigenvalue weighted by Crippen LogP contribution is -2.54. The van der Waals surface area contributed by atoms with Crippen LogP contribution in [0.15, 0.2) is 18.2 Å². The van der Waals surface area contributed by atoms with Gasteiger partial charge in [-0.05, 0) is 36.7 Å². The number of phenols is 1. The van der Waals surface area contributed by atoms with Gasteiger partial charge in [0.15, 0.2) is 0 Å². The van der Waals surface area contributed by atoms with Crippen molar-refractivity contribution < 1.29 is 15.0 Å². The number of hydrogen-bond donors (Lipinski definition) is 4. The van der Waals surface area contributed by atoms with Crippen LogP contribution in [0, 0.1) is 0 Å². The largest absolute Gasteiger partial charge is 0.508 e. The van der Waals surface area contributed by atoms with Gasteiger partial charge in [-0.2, -0.15) is 0 Å². The van der Waals surface area contributed by atoms with Crippen molar-refractivity contribution in [3.8, 4) is 5.75 Å². The van der Waals surface area contributed by atoms with Crippen LogP contribution in [0.4, 0.5) is 5.69 Å². The van der Waals surface area contributed by atoms with Crippen LogP contribution in [0.5, 0.6) is 5.75 Å². The number of aliphatic carboxylic acids is 1. The third kappa shape index (κ3) is 1.54. The third-order valence-electron chi connectivity index (χ3n) is 3.64. The van der Waals surface area contributed by atoms with Crippen LogP contribution in [0.25, 0.3) is 0 Å². The van der Waals surface area contributed by atoms with Gasteiger partial charge in [0, 0.05) is 11.6 Å². The number of phenolic OH excluding ortho intramolecular Hbond substituents is 1. The van der Waals surface area contributed by atoms with Crippen molar-refractivity contribution in [1.82, 2.24) is 5.32 Å². The molecular weight excluding hydrogens is 220 g/mol. The van der Waals surface area contributed by atoms with Crippen molar-refractivity contribution >= 4 is 11.7 Å². The van der Waals surface area contributed by atoms with Gasteiger partial charge in [-0.25, -0.2) is 0 Å². The Morgan fingerprint density at radius 1 is 1.41 bits per heavy atom. The molecule has 0 spiro atoms. The number of piperidine rings is 1. The van der Waals surface area contributed by atoms with Crippen LogP contribution in [0.3, 0.4) is 0 Å². The molecule has 5 heteroatoms. The summed E-state index contributed by atoms with van der Waals surface area (Å²) in [5.41, 5.74) is 1.97. The van der Waals surface area contributed by atoms with E-state index in [4.69, 9.17) is 5.11 Å². The van der Waals surface area contributed by atoms with Gasteiger partial charge in [-0.1, -0.05) is 0 Å². The highest BCUT2D eigenvalue weighted by molar-refractivity contribution is 5.77. The highest BCUT2D eigenvalue weighted by Gasteiger charge is 2.43. The normalized spacial score (nSPS) is 30.2. The first kappa shape index (κ1) is 10.4. The third-order valence-corrected chi connectivity index (χ3v) is 3.64. The zero-order valence-corrected chi connectivity index (χ0v) is 9.18. The van der Waals surface area contributed by atoms with E-state index in [1.807, 2.05) is 6.07 Å². The maximum absolute atomic E-state index is 11.2. The Labute approximate surface area is 98.5 Å². The van der Waals surface area contributed by atoms with Gasteiger partial charge in [0.05, 0.1) is 6.04 Å². The maximum Gasteiger partial charge on any atom is 0.322 e. The van der Waals surface area contributed by atoms with Gasteiger partial charge in [0.2, 0.25) is 0 Å². The predicted octanol–water partition coefficient (Wildman–Crippen LogP) is 0.716. The van der Waals surface area contributed by atoms with E-state index < -0.39 is 12.0 Å². The van der Waals surface area contributed by atoms with E-state index in [-0.39, 0.29) is 17.7 Å². The number of benzene rings is 1. The highest BCUT2D eigenvalue weighted by Crippen LogP contribution is 2.42. The standard InChI is InChI=1S/C12H14N2O3/c15-6-1-2-9-8(5-6)7-3-4-13-11(12(16)17)10(7)14-9/h1-2,5,7,10-11,13-15H,3-4H2,(H,16,17). The van der Waals surface area contributed by atoms with Crippen LogP contribution in [0.2, 0.25) is 0 Å². The SMILES string of the molecule is O=C(O)C1NCCC2c3cc(O)ccc3NC12. The number of hydrogen-bond acceptors (Lipinski definition) is 4. The average Bonchev–Trinajstić information content (AvgIpc) is 2.66. The summed E-state index contributed by atoms with van der Waals surface area (Å²) in [5, 5.41) is 24.9. The lowest BCUT2D eigenvalue weighted by molar-refractivity contribution is -0.140. The van der Waals surface area contributed by atoms with Crippen LogP contribution in [0.1, 0.15) is 17.9 Å². The fourth-order valence-corrected chi connectivity index (χ4v) is 2.87. The minimum absolute atomic E-state index is 0.127. The molecule has 0 aliphatic carbocycles. The number of rotatable bonds is 1. The quantitative estimate of drug-likeness (QED) is 0.538. The second kappa shape index (κ2) is 3.63. The molecule has 1 aromatic rings. The lowest BCUT2D eigenvalue weighted by atomic mass is 9.85. The summed E-state index contributed by atoms with van der Waals surface area (Å²) in [4.78, 5) is 11.2. The number of fused-ring (bicyclic) bond motifs is 3. The van der Waals surface area contributed by atoms with Crippen LogP contribution < -0.4 is 10.6 Å². The Kier molecular flexibility index (Phi) is 2.22. The first-order chi connectivity index (χ1) is 8.16. The Morgan fingerprint density at radius 2 is 2.24 bits per heavy atom. The van der Waals surface area contributed by atoms with Crippen molar-refractivity contribution in [3.63, 3.8) is 0 Å². The van der Waals surface area contributed by atoms with Crippen LogP contribution in [-0.4, -0.2) is 34.8 Å². The molecule has 0 aromatic heterocycles. The van der Waals surface area contributed by atoms with E-state index in [0.717, 1.165) is 17.7 Å². The molecular formula is C12H14N2O3. The maximum atomic E-state index is 11.2. The molecule has 0 amide bonds. The van der Waals surface area contributed by atoms with Crippen molar-refractivity contribution in [2.45, 2.75) is 24.4 Å². The summed E-state index contributed by atoms with van der Waals surface area (Å²) < 4.78 is 0. The summed E-state index contributed by atoms with van der Waals surface area (Å²) in [7, 11) is 0. The summed E-state index contributed by atoms with van der Waals surface area (Å²) in [6.07, 6.45) is 0.887. The molecule has 90 valence electrons. The van der Waals surface area contributed by atoms with Crippen molar-refractivity contribution in [2.24, 2.45) is 0 Å². The first-order valence-electron chi connectivity index (χ1n) is 5.72. The molecule has 4 N–H and O–H groups in total. The Morgan fingerprint density at radius 3 is 3.00 bits per heavy atom. The van der Waals surface area contributed by atoms with E-state index >= 15 is 0 Å². The predicted molar refractivity (Wildman–Crippen MR) is 62.3 cm³/mol. The summed E-state index contributed by atoms with van der Waals surface area (Å²) >= 11 is 0. The molecule has 3 rings (SSSR count).